The van der Waals surface area contributed by atoms with Crippen LogP contribution in [0.25, 0.3) is 5.57 Å². The van der Waals surface area contributed by atoms with Crippen LogP contribution in [-0.4, -0.2) is 10.7 Å². The van der Waals surface area contributed by atoms with Crippen LogP contribution in [0.5, 0.6) is 0 Å². The Kier molecular flexibility index (Phi) is 2.50. The van der Waals surface area contributed by atoms with Crippen molar-refractivity contribution in [2.75, 3.05) is 5.75 Å². The van der Waals surface area contributed by atoms with Crippen LogP contribution in [0, 0.1) is 0 Å². The lowest BCUT2D eigenvalue weighted by Gasteiger charge is -2.16. The van der Waals surface area contributed by atoms with Crippen LogP contribution < -0.4 is 0 Å². The highest BCUT2D eigenvalue weighted by Crippen LogP contribution is 2.35. The first-order valence-electron chi connectivity index (χ1n) is 5.29. The molecule has 78 valence electrons. The molecule has 2 aromatic rings. The fourth-order valence-electron chi connectivity index (χ4n) is 1.90. The second-order valence-electron chi connectivity index (χ2n) is 3.64. The van der Waals surface area contributed by atoms with E-state index in [-0.39, 0.29) is 0 Å². The number of thioether (sulfide) groups is 1. The lowest BCUT2D eigenvalue weighted by molar-refractivity contribution is 1.25. The predicted molar refractivity (Wildman–Crippen MR) is 68.5 cm³/mol. The molecule has 0 aliphatic carbocycles. The zero-order chi connectivity index (χ0) is 10.8. The van der Waals surface area contributed by atoms with Gasteiger partial charge in [-0.2, -0.15) is 0 Å². The van der Waals surface area contributed by atoms with E-state index in [2.05, 4.69) is 41.4 Å². The predicted octanol–water partition coefficient (Wildman–Crippen LogP) is 3.62. The highest BCUT2D eigenvalue weighted by Gasteiger charge is 2.14. The van der Waals surface area contributed by atoms with E-state index in [4.69, 9.17) is 0 Å². The van der Waals surface area contributed by atoms with Gasteiger partial charge in [0, 0.05) is 22.4 Å². The SMILES string of the molecule is C1=C(c2ccccn2)c2ccccc2SC1. The number of rotatable bonds is 1. The summed E-state index contributed by atoms with van der Waals surface area (Å²) < 4.78 is 0. The minimum atomic E-state index is 1.03. The maximum absolute atomic E-state index is 4.42. The molecular weight excluding hydrogens is 214 g/mol. The molecule has 1 aliphatic rings. The van der Waals surface area contributed by atoms with Crippen molar-refractivity contribution in [2.24, 2.45) is 0 Å². The quantitative estimate of drug-likeness (QED) is 0.735. The Bertz CT molecular complexity index is 531. The molecule has 0 amide bonds. The summed E-state index contributed by atoms with van der Waals surface area (Å²) in [4.78, 5) is 5.78. The Balaban J connectivity index is 2.13. The molecule has 0 bridgehead atoms. The van der Waals surface area contributed by atoms with Gasteiger partial charge in [-0.15, -0.1) is 11.8 Å². The van der Waals surface area contributed by atoms with Crippen molar-refractivity contribution in [1.82, 2.24) is 4.98 Å². The molecule has 1 nitrogen and oxygen atoms in total. The molecule has 0 atom stereocenters. The third kappa shape index (κ3) is 1.65. The maximum atomic E-state index is 4.42. The summed E-state index contributed by atoms with van der Waals surface area (Å²) in [6.45, 7) is 0. The highest BCUT2D eigenvalue weighted by molar-refractivity contribution is 7.99. The van der Waals surface area contributed by atoms with Gasteiger partial charge in [-0.3, -0.25) is 4.98 Å². The van der Waals surface area contributed by atoms with Gasteiger partial charge in [0.2, 0.25) is 0 Å². The highest BCUT2D eigenvalue weighted by atomic mass is 32.2. The lowest BCUT2D eigenvalue weighted by atomic mass is 10.0. The van der Waals surface area contributed by atoms with Crippen molar-refractivity contribution in [1.29, 1.82) is 0 Å². The molecule has 0 spiro atoms. The van der Waals surface area contributed by atoms with Crippen molar-refractivity contribution < 1.29 is 0 Å². The van der Waals surface area contributed by atoms with E-state index in [9.17, 15) is 0 Å². The smallest absolute Gasteiger partial charge is 0.0705 e. The molecule has 1 aliphatic heterocycles. The zero-order valence-electron chi connectivity index (χ0n) is 8.76. The number of benzene rings is 1. The molecule has 0 unspecified atom stereocenters. The summed E-state index contributed by atoms with van der Waals surface area (Å²) in [5.74, 6) is 1.03. The second-order valence-corrected chi connectivity index (χ2v) is 4.70. The van der Waals surface area contributed by atoms with Crippen LogP contribution in [0.15, 0.2) is 59.6 Å². The molecule has 1 aromatic heterocycles. The number of hydrogen-bond acceptors (Lipinski definition) is 2. The fourth-order valence-corrected chi connectivity index (χ4v) is 2.84. The minimum Gasteiger partial charge on any atom is -0.256 e. The van der Waals surface area contributed by atoms with Crippen molar-refractivity contribution in [3.8, 4) is 0 Å². The van der Waals surface area contributed by atoms with Gasteiger partial charge in [0.1, 0.15) is 0 Å². The number of pyridine rings is 1. The van der Waals surface area contributed by atoms with Gasteiger partial charge >= 0.3 is 0 Å². The Hall–Kier alpha value is -1.54. The van der Waals surface area contributed by atoms with Gasteiger partial charge in [-0.1, -0.05) is 30.3 Å². The molecular formula is C14H11NS. The topological polar surface area (TPSA) is 12.9 Å². The molecule has 0 saturated carbocycles. The molecule has 1 aromatic carbocycles. The number of nitrogens with zero attached hydrogens (tertiary/aromatic N) is 1. The van der Waals surface area contributed by atoms with Crippen LogP contribution in [0.4, 0.5) is 0 Å². The maximum Gasteiger partial charge on any atom is 0.0705 e. The first kappa shape index (κ1) is 9.67. The summed E-state index contributed by atoms with van der Waals surface area (Å²) in [7, 11) is 0. The van der Waals surface area contributed by atoms with Crippen LogP contribution in [0.2, 0.25) is 0 Å². The number of fused-ring (bicyclic) bond motifs is 1. The van der Waals surface area contributed by atoms with Crippen LogP contribution in [0.1, 0.15) is 11.3 Å². The Morgan fingerprint density at radius 1 is 1.00 bits per heavy atom. The van der Waals surface area contributed by atoms with E-state index >= 15 is 0 Å². The van der Waals surface area contributed by atoms with Crippen molar-refractivity contribution in [3.05, 3.63) is 66.0 Å². The third-order valence-electron chi connectivity index (χ3n) is 2.64. The Morgan fingerprint density at radius 2 is 1.88 bits per heavy atom. The summed E-state index contributed by atoms with van der Waals surface area (Å²) in [5, 5.41) is 0. The first-order valence-corrected chi connectivity index (χ1v) is 6.27. The molecule has 16 heavy (non-hydrogen) atoms. The molecule has 0 saturated heterocycles. The summed E-state index contributed by atoms with van der Waals surface area (Å²) in [5.41, 5.74) is 3.63. The normalized spacial score (nSPS) is 14.1. The van der Waals surface area contributed by atoms with E-state index in [1.165, 1.54) is 16.0 Å². The largest absolute Gasteiger partial charge is 0.256 e. The molecule has 0 radical (unpaired) electrons. The average molecular weight is 225 g/mol. The van der Waals surface area contributed by atoms with Crippen molar-refractivity contribution in [2.45, 2.75) is 4.90 Å². The Labute approximate surface area is 99.2 Å². The fraction of sp³-hybridized carbons (Fsp3) is 0.0714. The van der Waals surface area contributed by atoms with Gasteiger partial charge in [0.05, 0.1) is 5.69 Å². The van der Waals surface area contributed by atoms with Crippen molar-refractivity contribution in [3.63, 3.8) is 0 Å². The van der Waals surface area contributed by atoms with Crippen LogP contribution >= 0.6 is 11.8 Å². The van der Waals surface area contributed by atoms with E-state index in [0.717, 1.165) is 11.4 Å². The standard InChI is InChI=1S/C14H11NS/c1-2-7-14-12(5-1)11(8-10-16-14)13-6-3-4-9-15-13/h1-9H,10H2. The van der Waals surface area contributed by atoms with E-state index in [1.54, 1.807) is 0 Å². The number of hydrogen-bond donors (Lipinski definition) is 0. The monoisotopic (exact) mass is 225 g/mol. The molecule has 0 N–H and O–H groups in total. The summed E-state index contributed by atoms with van der Waals surface area (Å²) in [6.07, 6.45) is 4.11. The van der Waals surface area contributed by atoms with Crippen LogP contribution in [-0.2, 0) is 0 Å². The van der Waals surface area contributed by atoms with Gasteiger partial charge < -0.3 is 0 Å². The molecule has 2 heteroatoms. The third-order valence-corrected chi connectivity index (χ3v) is 3.64. The average Bonchev–Trinajstić information content (AvgIpc) is 2.39. The summed E-state index contributed by atoms with van der Waals surface area (Å²) in [6, 6.07) is 14.6. The zero-order valence-corrected chi connectivity index (χ0v) is 9.58. The Morgan fingerprint density at radius 3 is 2.75 bits per heavy atom. The van der Waals surface area contributed by atoms with E-state index in [1.807, 2.05) is 30.1 Å². The number of aromatic nitrogens is 1. The van der Waals surface area contributed by atoms with Crippen molar-refractivity contribution >= 4 is 17.3 Å². The molecule has 3 rings (SSSR count). The second kappa shape index (κ2) is 4.14. The minimum absolute atomic E-state index is 1.03. The molecule has 0 fully saturated rings. The van der Waals surface area contributed by atoms with Gasteiger partial charge in [0.25, 0.3) is 0 Å². The van der Waals surface area contributed by atoms with Gasteiger partial charge in [0.15, 0.2) is 0 Å². The van der Waals surface area contributed by atoms with E-state index in [0.29, 0.717) is 0 Å². The lowest BCUT2D eigenvalue weighted by Crippen LogP contribution is -1.98. The molecule has 2 heterocycles. The van der Waals surface area contributed by atoms with E-state index < -0.39 is 0 Å². The van der Waals surface area contributed by atoms with Crippen LogP contribution in [0.3, 0.4) is 0 Å². The van der Waals surface area contributed by atoms with Gasteiger partial charge in [-0.25, -0.2) is 0 Å². The first-order chi connectivity index (χ1) is 7.95. The summed E-state index contributed by atoms with van der Waals surface area (Å²) >= 11 is 1.88. The van der Waals surface area contributed by atoms with Gasteiger partial charge in [-0.05, 0) is 23.8 Å².